The number of rotatable bonds is 4. The number of aryl methyl sites for hydroxylation is 1. The van der Waals surface area contributed by atoms with Crippen LogP contribution >= 0.6 is 23.2 Å². The van der Waals surface area contributed by atoms with Gasteiger partial charge in [-0.3, -0.25) is 4.79 Å². The summed E-state index contributed by atoms with van der Waals surface area (Å²) in [6, 6.07) is 5.64. The Kier molecular flexibility index (Phi) is 3.52. The standard InChI is InChI=1S/C12H11Cl2NO/c13-5-2-6-15-7-9(8-16)12-10(14)3-1-4-11(12)15/h1,3-4,7-8H,2,5-6H2. The van der Waals surface area contributed by atoms with E-state index in [1.807, 2.05) is 22.9 Å². The number of fused-ring (bicyclic) bond motifs is 1. The first-order valence-electron chi connectivity index (χ1n) is 5.06. The molecule has 0 radical (unpaired) electrons. The zero-order valence-corrected chi connectivity index (χ0v) is 10.1. The predicted molar refractivity (Wildman–Crippen MR) is 67.7 cm³/mol. The second-order valence-corrected chi connectivity index (χ2v) is 4.36. The van der Waals surface area contributed by atoms with Gasteiger partial charge < -0.3 is 4.57 Å². The highest BCUT2D eigenvalue weighted by Crippen LogP contribution is 2.27. The summed E-state index contributed by atoms with van der Waals surface area (Å²) >= 11 is 11.8. The second kappa shape index (κ2) is 4.89. The van der Waals surface area contributed by atoms with Gasteiger partial charge in [0, 0.05) is 29.6 Å². The summed E-state index contributed by atoms with van der Waals surface area (Å²) in [5.74, 6) is 0.608. The lowest BCUT2D eigenvalue weighted by molar-refractivity contribution is 0.112. The van der Waals surface area contributed by atoms with E-state index in [-0.39, 0.29) is 0 Å². The highest BCUT2D eigenvalue weighted by atomic mass is 35.5. The molecule has 0 fully saturated rings. The van der Waals surface area contributed by atoms with E-state index in [0.717, 1.165) is 30.2 Å². The largest absolute Gasteiger partial charge is 0.347 e. The van der Waals surface area contributed by atoms with E-state index in [2.05, 4.69) is 0 Å². The first-order chi connectivity index (χ1) is 7.77. The Labute approximate surface area is 104 Å². The number of carbonyl (C=O) groups excluding carboxylic acids is 1. The smallest absolute Gasteiger partial charge is 0.152 e. The van der Waals surface area contributed by atoms with Gasteiger partial charge in [-0.25, -0.2) is 0 Å². The molecule has 0 saturated heterocycles. The molecule has 1 aromatic heterocycles. The molecule has 0 unspecified atom stereocenters. The van der Waals surface area contributed by atoms with Crippen molar-refractivity contribution in [1.29, 1.82) is 0 Å². The van der Waals surface area contributed by atoms with Gasteiger partial charge in [-0.05, 0) is 18.6 Å². The third-order valence-electron chi connectivity index (χ3n) is 2.54. The highest BCUT2D eigenvalue weighted by molar-refractivity contribution is 6.36. The summed E-state index contributed by atoms with van der Waals surface area (Å²) in [4.78, 5) is 11.0. The van der Waals surface area contributed by atoms with Crippen molar-refractivity contribution in [2.75, 3.05) is 5.88 Å². The number of aromatic nitrogens is 1. The number of alkyl halides is 1. The first-order valence-corrected chi connectivity index (χ1v) is 5.97. The van der Waals surface area contributed by atoms with Crippen molar-refractivity contribution in [1.82, 2.24) is 4.57 Å². The molecule has 2 aromatic rings. The van der Waals surface area contributed by atoms with Crippen LogP contribution in [0, 0.1) is 0 Å². The fraction of sp³-hybridized carbons (Fsp3) is 0.250. The van der Waals surface area contributed by atoms with Gasteiger partial charge >= 0.3 is 0 Å². The molecule has 1 aromatic carbocycles. The zero-order valence-electron chi connectivity index (χ0n) is 8.62. The molecule has 2 nitrogen and oxygen atoms in total. The number of nitrogens with zero attached hydrogens (tertiary/aromatic N) is 1. The van der Waals surface area contributed by atoms with Crippen LogP contribution in [0.5, 0.6) is 0 Å². The van der Waals surface area contributed by atoms with Crippen LogP contribution in [0.25, 0.3) is 10.9 Å². The molecule has 0 aliphatic rings. The van der Waals surface area contributed by atoms with Crippen LogP contribution in [0.2, 0.25) is 5.02 Å². The van der Waals surface area contributed by atoms with E-state index in [1.54, 1.807) is 6.07 Å². The van der Waals surface area contributed by atoms with Crippen molar-refractivity contribution in [3.05, 3.63) is 35.0 Å². The summed E-state index contributed by atoms with van der Waals surface area (Å²) in [5, 5.41) is 1.44. The Bertz CT molecular complexity index is 519. The lowest BCUT2D eigenvalue weighted by Crippen LogP contribution is -1.96. The molecule has 0 N–H and O–H groups in total. The summed E-state index contributed by atoms with van der Waals surface area (Å²) in [5.41, 5.74) is 1.62. The topological polar surface area (TPSA) is 22.0 Å². The Hall–Kier alpha value is -0.990. The van der Waals surface area contributed by atoms with Gasteiger partial charge in [0.2, 0.25) is 0 Å². The number of hydrogen-bond acceptors (Lipinski definition) is 1. The molecule has 84 valence electrons. The minimum absolute atomic E-state index is 0.608. The van der Waals surface area contributed by atoms with Crippen LogP contribution in [0.1, 0.15) is 16.8 Å². The third kappa shape index (κ3) is 1.95. The minimum Gasteiger partial charge on any atom is -0.347 e. The van der Waals surface area contributed by atoms with E-state index in [1.165, 1.54) is 0 Å². The number of carbonyl (C=O) groups is 1. The van der Waals surface area contributed by atoms with E-state index >= 15 is 0 Å². The van der Waals surface area contributed by atoms with Crippen molar-refractivity contribution in [2.45, 2.75) is 13.0 Å². The van der Waals surface area contributed by atoms with Crippen LogP contribution in [0.4, 0.5) is 0 Å². The predicted octanol–water partition coefficient (Wildman–Crippen LogP) is 3.74. The van der Waals surface area contributed by atoms with Gasteiger partial charge in [-0.2, -0.15) is 0 Å². The van der Waals surface area contributed by atoms with Gasteiger partial charge in [0.25, 0.3) is 0 Å². The molecule has 0 aliphatic carbocycles. The maximum Gasteiger partial charge on any atom is 0.152 e. The molecule has 4 heteroatoms. The van der Waals surface area contributed by atoms with E-state index in [4.69, 9.17) is 23.2 Å². The molecule has 0 spiro atoms. The number of hydrogen-bond donors (Lipinski definition) is 0. The summed E-state index contributed by atoms with van der Waals surface area (Å²) in [6.07, 6.45) is 3.54. The van der Waals surface area contributed by atoms with Crippen LogP contribution in [0.15, 0.2) is 24.4 Å². The Balaban J connectivity index is 2.59. The van der Waals surface area contributed by atoms with E-state index in [0.29, 0.717) is 16.5 Å². The highest BCUT2D eigenvalue weighted by Gasteiger charge is 2.10. The Morgan fingerprint density at radius 1 is 1.38 bits per heavy atom. The molecular weight excluding hydrogens is 245 g/mol. The molecule has 0 atom stereocenters. The lowest BCUT2D eigenvalue weighted by Gasteiger charge is -2.03. The molecule has 1 heterocycles. The zero-order chi connectivity index (χ0) is 11.5. The van der Waals surface area contributed by atoms with Crippen molar-refractivity contribution < 1.29 is 4.79 Å². The first kappa shape index (κ1) is 11.5. The molecule has 16 heavy (non-hydrogen) atoms. The quantitative estimate of drug-likeness (QED) is 0.603. The second-order valence-electron chi connectivity index (χ2n) is 3.57. The van der Waals surface area contributed by atoms with Crippen LogP contribution in [-0.2, 0) is 6.54 Å². The molecule has 0 amide bonds. The van der Waals surface area contributed by atoms with Crippen molar-refractivity contribution >= 4 is 40.4 Å². The van der Waals surface area contributed by atoms with E-state index in [9.17, 15) is 4.79 Å². The van der Waals surface area contributed by atoms with Gasteiger partial charge in [-0.1, -0.05) is 17.7 Å². The number of benzene rings is 1. The molecular formula is C12H11Cl2NO. The van der Waals surface area contributed by atoms with Gasteiger partial charge in [0.1, 0.15) is 0 Å². The normalized spacial score (nSPS) is 10.9. The average molecular weight is 256 g/mol. The fourth-order valence-electron chi connectivity index (χ4n) is 1.84. The van der Waals surface area contributed by atoms with Gasteiger partial charge in [-0.15, -0.1) is 11.6 Å². The van der Waals surface area contributed by atoms with Gasteiger partial charge in [0.05, 0.1) is 10.5 Å². The molecule has 0 saturated carbocycles. The maximum absolute atomic E-state index is 11.0. The Morgan fingerprint density at radius 3 is 2.88 bits per heavy atom. The lowest BCUT2D eigenvalue weighted by atomic mass is 10.2. The van der Waals surface area contributed by atoms with Crippen LogP contribution < -0.4 is 0 Å². The van der Waals surface area contributed by atoms with Crippen LogP contribution in [0.3, 0.4) is 0 Å². The number of aldehydes is 1. The fourth-order valence-corrected chi connectivity index (χ4v) is 2.24. The SMILES string of the molecule is O=Cc1cn(CCCCl)c2cccc(Cl)c12. The average Bonchev–Trinajstić information content (AvgIpc) is 2.66. The van der Waals surface area contributed by atoms with Crippen molar-refractivity contribution in [2.24, 2.45) is 0 Å². The third-order valence-corrected chi connectivity index (χ3v) is 3.13. The number of halogens is 2. The monoisotopic (exact) mass is 255 g/mol. The molecule has 0 bridgehead atoms. The van der Waals surface area contributed by atoms with Crippen molar-refractivity contribution in [3.63, 3.8) is 0 Å². The molecule has 0 aliphatic heterocycles. The van der Waals surface area contributed by atoms with Gasteiger partial charge in [0.15, 0.2) is 6.29 Å². The molecule has 2 rings (SSSR count). The summed E-state index contributed by atoms with van der Waals surface area (Å²) < 4.78 is 2.02. The minimum atomic E-state index is 0.608. The van der Waals surface area contributed by atoms with E-state index < -0.39 is 0 Å². The van der Waals surface area contributed by atoms with Crippen LogP contribution in [-0.4, -0.2) is 16.7 Å². The summed E-state index contributed by atoms with van der Waals surface area (Å²) in [6.45, 7) is 0.800. The van der Waals surface area contributed by atoms with Crippen molar-refractivity contribution in [3.8, 4) is 0 Å². The Morgan fingerprint density at radius 2 is 2.19 bits per heavy atom. The maximum atomic E-state index is 11.0. The summed E-state index contributed by atoms with van der Waals surface area (Å²) in [7, 11) is 0.